The highest BCUT2D eigenvalue weighted by Gasteiger charge is 2.56. The minimum atomic E-state index is -1.10. The molecule has 28 nitrogen and oxygen atoms in total. The number of benzene rings is 7. The van der Waals surface area contributed by atoms with Gasteiger partial charge in [-0.15, -0.1) is 6.42 Å². The topological polar surface area (TPSA) is 283 Å². The summed E-state index contributed by atoms with van der Waals surface area (Å²) in [5.74, 6) is -2.42. The molecule has 23 rings (SSSR count). The van der Waals surface area contributed by atoms with Crippen LogP contribution in [0.15, 0.2) is 203 Å². The number of hydrogen-bond donors (Lipinski definition) is 1. The molecule has 15 aromatic rings. The van der Waals surface area contributed by atoms with E-state index in [1.165, 1.54) is 79.1 Å². The zero-order valence-corrected chi connectivity index (χ0v) is 81.7. The number of ether oxygens (including phenoxy) is 1. The Morgan fingerprint density at radius 3 is 1.64 bits per heavy atom. The first-order valence-electron chi connectivity index (χ1n) is 47.1. The smallest absolute Gasteiger partial charge is 0.319 e. The number of aromatic nitrogens is 11. The monoisotopic (exact) mass is 2080 g/mol. The minimum Gasteiger partial charge on any atom is -0.462 e. The van der Waals surface area contributed by atoms with Gasteiger partial charge < -0.3 is 59.4 Å². The van der Waals surface area contributed by atoms with E-state index in [0.29, 0.717) is 141 Å². The molecular formula is C108H85Cl4F8N23O5. The highest BCUT2D eigenvalue weighted by Crippen LogP contribution is 2.49. The summed E-state index contributed by atoms with van der Waals surface area (Å²) in [6, 6.07) is 29.6. The van der Waals surface area contributed by atoms with Crippen LogP contribution in [0.3, 0.4) is 0 Å². The van der Waals surface area contributed by atoms with Gasteiger partial charge in [-0.25, -0.2) is 68.2 Å². The number of likely N-dealkylation sites (tertiary alicyclic amines) is 2. The molecule has 0 radical (unpaired) electrons. The first-order chi connectivity index (χ1) is 71.6. The molecule has 0 saturated carbocycles. The van der Waals surface area contributed by atoms with Crippen molar-refractivity contribution in [3.63, 3.8) is 0 Å². The molecule has 8 aliphatic rings. The standard InChI is InChI=1S/C33H29ClF3N7O2.C27H20FN5O.C25H18ClF2N5O.C23H18Cl2F2N6O/c1-18(35)32(45)44-11-10-43(16-22(44)13-38-2)31-24-14-39-29(23-5-3-4-20-6-7-25(36)27(34)26(20)23)28(37)30(24)40-33(41-31)46-17-21-12-19-8-9-42(21)15-19;1-3-16-7-5-8-17-9-6-10-18(23(16)17)25-24(28)26-19(13-29-25)27(31-15-30-26)32-12-11-20-21(32)14-33(20)22(34)4-2;1-2-18(34)33-9-8-25(33)11-32(12-25)24-16-10-29-22(21(28)23(16)30-13-31-24)15-5-3-4-14-6-7-17(27)20(26)19(14)15;1-3-17(34)33-7-6-32(11-12(33)9-29-2)16-4-5-30-22-13(16)10-31-23(20(22)27)18-19(26)14(24)8-15(25)21(18)28/h3-7,14,19,21-22H,1,8-13,15-17H2;1,4-10,13,15,20-21H,2,11-12,14H2;2-7,10,13H,1,8-9,11-12H2;3-5,8,10,12H,1,6-7,9,11,28H2/t19?,21-,22-;20-,21-;;12-/m01.0/s1. The molecule has 8 saturated heterocycles. The van der Waals surface area contributed by atoms with Gasteiger partial charge >= 0.3 is 6.01 Å². The summed E-state index contributed by atoms with van der Waals surface area (Å²) >= 11 is 24.5. The lowest BCUT2D eigenvalue weighted by atomic mass is 9.77. The summed E-state index contributed by atoms with van der Waals surface area (Å²) in [6.07, 6.45) is 23.7. The second-order valence-electron chi connectivity index (χ2n) is 36.8. The number of amides is 4. The second kappa shape index (κ2) is 40.8. The highest BCUT2D eigenvalue weighted by molar-refractivity contribution is 6.38. The fourth-order valence-corrected chi connectivity index (χ4v) is 22.5. The van der Waals surface area contributed by atoms with Gasteiger partial charge in [0.2, 0.25) is 30.8 Å². The highest BCUT2D eigenvalue weighted by atomic mass is 35.5. The van der Waals surface area contributed by atoms with E-state index in [4.69, 9.17) is 81.4 Å². The lowest BCUT2D eigenvalue weighted by Gasteiger charge is -2.62. The Morgan fingerprint density at radius 1 is 0.520 bits per heavy atom. The van der Waals surface area contributed by atoms with E-state index in [1.54, 1.807) is 65.7 Å². The Kier molecular flexibility index (Phi) is 27.4. The Morgan fingerprint density at radius 2 is 1.05 bits per heavy atom. The number of halogens is 12. The molecule has 16 heterocycles. The molecule has 7 aromatic carbocycles. The van der Waals surface area contributed by atoms with Gasteiger partial charge in [0.15, 0.2) is 34.9 Å². The maximum Gasteiger partial charge on any atom is 0.319 e. The number of carbonyl (C=O) groups is 4. The Balaban J connectivity index is 0.000000121. The number of carbonyl (C=O) groups excluding carboxylic acids is 4. The maximum absolute atomic E-state index is 16.6. The number of nitrogens with two attached hydrogens (primary N) is 1. The number of rotatable bonds is 17. The fourth-order valence-electron chi connectivity index (χ4n) is 21.5. The third-order valence-electron chi connectivity index (χ3n) is 28.8. The van der Waals surface area contributed by atoms with E-state index >= 15 is 17.6 Å². The molecule has 7 atom stereocenters. The van der Waals surface area contributed by atoms with Gasteiger partial charge in [0, 0.05) is 165 Å². The molecule has 2 bridgehead atoms. The predicted molar refractivity (Wildman–Crippen MR) is 553 cm³/mol. The van der Waals surface area contributed by atoms with Crippen molar-refractivity contribution in [2.75, 3.05) is 130 Å². The quantitative estimate of drug-likeness (QED) is 0.0221. The average Bonchev–Trinajstić information content (AvgIpc) is 0.853. The van der Waals surface area contributed by atoms with Crippen molar-refractivity contribution in [2.24, 2.45) is 5.92 Å². The van der Waals surface area contributed by atoms with Crippen molar-refractivity contribution in [3.8, 4) is 63.4 Å². The lowest BCUT2D eigenvalue weighted by molar-refractivity contribution is -0.144. The first kappa shape index (κ1) is 99.4. The average molecular weight is 2080 g/mol. The molecule has 1 spiro atoms. The number of anilines is 5. The van der Waals surface area contributed by atoms with Gasteiger partial charge in [-0.05, 0) is 103 Å². The molecular weight excluding hydrogens is 1990 g/mol. The van der Waals surface area contributed by atoms with Crippen LogP contribution in [0.1, 0.15) is 31.2 Å². The van der Waals surface area contributed by atoms with Gasteiger partial charge in [-0.2, -0.15) is 9.97 Å². The van der Waals surface area contributed by atoms with Crippen LogP contribution in [0, 0.1) is 72.1 Å². The van der Waals surface area contributed by atoms with E-state index in [1.807, 2.05) is 60.9 Å². The van der Waals surface area contributed by atoms with Gasteiger partial charge in [-0.1, -0.05) is 158 Å². The number of piperidine rings is 1. The maximum atomic E-state index is 16.6. The Labute approximate surface area is 861 Å². The summed E-state index contributed by atoms with van der Waals surface area (Å²) in [5, 5.41) is 4.86. The van der Waals surface area contributed by atoms with E-state index in [2.05, 4.69) is 102 Å². The van der Waals surface area contributed by atoms with Crippen LogP contribution < -0.4 is 30.1 Å². The summed E-state index contributed by atoms with van der Waals surface area (Å²) < 4.78 is 127. The van der Waals surface area contributed by atoms with Crippen molar-refractivity contribution in [1.82, 2.24) is 79.3 Å². The van der Waals surface area contributed by atoms with Crippen molar-refractivity contribution in [1.29, 1.82) is 0 Å². The molecule has 2 N–H and O–H groups in total. The summed E-state index contributed by atoms with van der Waals surface area (Å²) in [4.78, 5) is 121. The molecule has 0 aliphatic carbocycles. The van der Waals surface area contributed by atoms with Crippen molar-refractivity contribution in [2.45, 2.75) is 61.4 Å². The Hall–Kier alpha value is -15.9. The number of piperazine rings is 2. The number of terminal acetylenes is 1. The molecule has 8 fully saturated rings. The predicted octanol–water partition coefficient (Wildman–Crippen LogP) is 19.0. The number of pyridine rings is 5. The normalized spacial score (nSPS) is 18.8. The van der Waals surface area contributed by atoms with Crippen molar-refractivity contribution < 1.29 is 59.0 Å². The summed E-state index contributed by atoms with van der Waals surface area (Å²) in [6.45, 7) is 35.7. The van der Waals surface area contributed by atoms with Crippen LogP contribution in [0.4, 0.5) is 64.0 Å². The van der Waals surface area contributed by atoms with E-state index < -0.39 is 58.5 Å². The van der Waals surface area contributed by atoms with Crippen LogP contribution >= 0.6 is 46.4 Å². The first-order valence-corrected chi connectivity index (χ1v) is 48.6. The van der Waals surface area contributed by atoms with Gasteiger partial charge in [0.05, 0.1) is 65.1 Å². The molecule has 8 aliphatic heterocycles. The summed E-state index contributed by atoms with van der Waals surface area (Å²) in [7, 11) is 0. The molecule has 40 heteroatoms. The number of nitrogens with zero attached hydrogens (tertiary/aromatic N) is 22. The van der Waals surface area contributed by atoms with E-state index in [9.17, 15) is 36.7 Å². The van der Waals surface area contributed by atoms with Crippen molar-refractivity contribution >= 4 is 175 Å². The van der Waals surface area contributed by atoms with Crippen LogP contribution in [0.5, 0.6) is 6.01 Å². The van der Waals surface area contributed by atoms with Crippen molar-refractivity contribution in [3.05, 3.63) is 292 Å². The largest absolute Gasteiger partial charge is 0.462 e. The van der Waals surface area contributed by atoms with E-state index in [0.717, 1.165) is 55.7 Å². The Bertz CT molecular complexity index is 8210. The van der Waals surface area contributed by atoms with Crippen LogP contribution in [0.25, 0.3) is 131 Å². The molecule has 2 unspecified atom stereocenters. The molecule has 8 aromatic heterocycles. The lowest BCUT2D eigenvalue weighted by Crippen LogP contribution is -2.78. The van der Waals surface area contributed by atoms with Crippen LogP contribution in [-0.2, 0) is 19.2 Å². The van der Waals surface area contributed by atoms with Gasteiger partial charge in [0.25, 0.3) is 5.91 Å². The summed E-state index contributed by atoms with van der Waals surface area (Å²) in [5.41, 5.74) is 7.85. The third-order valence-corrected chi connectivity index (χ3v) is 30.1. The number of fused-ring (bicyclic) bond motifs is 10. The van der Waals surface area contributed by atoms with Crippen LogP contribution in [-0.4, -0.2) is 243 Å². The van der Waals surface area contributed by atoms with Gasteiger partial charge in [0.1, 0.15) is 105 Å². The zero-order valence-electron chi connectivity index (χ0n) is 78.7. The zero-order chi connectivity index (χ0) is 104. The van der Waals surface area contributed by atoms with Crippen LogP contribution in [0.2, 0.25) is 20.1 Å². The molecule has 4 amide bonds. The SMILES string of the molecule is C#Cc1cccc2cccc(-c3ncc4c(N5CC[C@@H]6[C@H]5CN6C(=O)C=C)ncnc4c3F)c12.C=CC(=O)N1CCC12CN(c1ncnc3c(F)c(-c4cccc5ccc(F)c(Cl)c45)ncc13)C2.[C-]#[N+]C[C@H]1CN(c2ccnc3c(F)c(-c4c(N)c(Cl)cc(Cl)c4F)ncc23)CCN1C(=O)C=C.[C-]#[N+]C[C@H]1CN(c2nc(OC[C@@H]3CC4CCN3C4)nc3c(F)c(-c4cccc5ccc(F)c(Cl)c45)ncc23)CCN1C(=O)C(=C)F. The second-order valence-corrected chi connectivity index (χ2v) is 38.4. The molecule has 148 heavy (non-hydrogen) atoms. The third kappa shape index (κ3) is 17.8. The van der Waals surface area contributed by atoms with E-state index in [-0.39, 0.29) is 168 Å². The van der Waals surface area contributed by atoms with Gasteiger partial charge in [-0.3, -0.25) is 49.0 Å². The number of nitrogen functional groups attached to an aromatic ring is 1. The molecule has 746 valence electrons. The fraction of sp³-hybridized carbons (Fsp3) is 0.250. The number of hydrogen-bond acceptors (Lipinski definition) is 22. The minimum absolute atomic E-state index is 0.0257.